The van der Waals surface area contributed by atoms with Gasteiger partial charge in [0.2, 0.25) is 0 Å². The van der Waals surface area contributed by atoms with Crippen molar-refractivity contribution in [2.24, 2.45) is 11.8 Å². The smallest absolute Gasteiger partial charge is 0.0133 e. The van der Waals surface area contributed by atoms with E-state index in [0.717, 1.165) is 11.8 Å². The molecule has 2 aliphatic carbocycles. The number of hydrogen-bond donors (Lipinski definition) is 0. The Hall–Kier alpha value is -0.780. The molecule has 0 aromatic rings. The third-order valence-electron chi connectivity index (χ3n) is 3.16. The Kier molecular flexibility index (Phi) is 2.68. The van der Waals surface area contributed by atoms with Crippen molar-refractivity contribution in [3.63, 3.8) is 0 Å². The lowest BCUT2D eigenvalue weighted by Crippen LogP contribution is -2.13. The molecule has 0 aromatic carbocycles. The Morgan fingerprint density at radius 3 is 2.77 bits per heavy atom. The van der Waals surface area contributed by atoms with Gasteiger partial charge in [-0.25, -0.2) is 0 Å². The summed E-state index contributed by atoms with van der Waals surface area (Å²) in [6.07, 6.45) is 17.1. The molecule has 2 aliphatic rings. The van der Waals surface area contributed by atoms with Gasteiger partial charge in [-0.1, -0.05) is 36.0 Å². The quantitative estimate of drug-likeness (QED) is 0.529. The Balaban J connectivity index is 1.99. The van der Waals surface area contributed by atoms with Crippen LogP contribution in [-0.4, -0.2) is 0 Å². The van der Waals surface area contributed by atoms with Crippen LogP contribution < -0.4 is 0 Å². The molecular formula is C13H18. The number of rotatable bonds is 1. The highest BCUT2D eigenvalue weighted by Gasteiger charge is 2.18. The van der Waals surface area contributed by atoms with Crippen LogP contribution in [0.15, 0.2) is 36.0 Å². The fourth-order valence-electron chi connectivity index (χ4n) is 2.26. The zero-order valence-electron chi connectivity index (χ0n) is 8.37. The first-order chi connectivity index (χ1) is 6.36. The van der Waals surface area contributed by atoms with Crippen LogP contribution in [0.2, 0.25) is 0 Å². The third-order valence-corrected chi connectivity index (χ3v) is 3.16. The summed E-state index contributed by atoms with van der Waals surface area (Å²) in [5.74, 6) is 1.59. The van der Waals surface area contributed by atoms with E-state index in [1.54, 1.807) is 0 Å². The van der Waals surface area contributed by atoms with E-state index < -0.39 is 0 Å². The van der Waals surface area contributed by atoms with Gasteiger partial charge in [0, 0.05) is 0 Å². The molecule has 0 radical (unpaired) electrons. The van der Waals surface area contributed by atoms with Crippen LogP contribution >= 0.6 is 0 Å². The molecule has 2 atom stereocenters. The van der Waals surface area contributed by atoms with E-state index in [1.165, 1.54) is 31.3 Å². The van der Waals surface area contributed by atoms with Gasteiger partial charge in [0.15, 0.2) is 0 Å². The maximum absolute atomic E-state index is 2.42. The van der Waals surface area contributed by atoms with Gasteiger partial charge in [-0.05, 0) is 44.4 Å². The second-order valence-electron chi connectivity index (χ2n) is 4.23. The molecule has 2 rings (SSSR count). The summed E-state index contributed by atoms with van der Waals surface area (Å²) in [5.41, 5.74) is 1.43. The van der Waals surface area contributed by atoms with Gasteiger partial charge in [0.25, 0.3) is 0 Å². The molecule has 0 saturated heterocycles. The lowest BCUT2D eigenvalue weighted by molar-refractivity contribution is 0.420. The van der Waals surface area contributed by atoms with Gasteiger partial charge < -0.3 is 0 Å². The molecule has 0 spiro atoms. The standard InChI is InChI=1S/C13H18/c1-11-7-9-13(10-8-11)12-5-3-2-4-6-12/h3,5,7-9,12-13H,2,4,6,10H2,1H3. The minimum Gasteiger partial charge on any atom is -0.0882 e. The van der Waals surface area contributed by atoms with Gasteiger partial charge in [-0.2, -0.15) is 0 Å². The summed E-state index contributed by atoms with van der Waals surface area (Å²) in [5, 5.41) is 0. The van der Waals surface area contributed by atoms with Crippen molar-refractivity contribution in [2.45, 2.75) is 32.6 Å². The Morgan fingerprint density at radius 1 is 1.23 bits per heavy atom. The van der Waals surface area contributed by atoms with E-state index in [1.807, 2.05) is 0 Å². The van der Waals surface area contributed by atoms with E-state index >= 15 is 0 Å². The highest BCUT2D eigenvalue weighted by atomic mass is 14.2. The normalized spacial score (nSPS) is 33.2. The SMILES string of the molecule is CC1=CCC(C2C=CCCC2)C=C1. The fourth-order valence-corrected chi connectivity index (χ4v) is 2.26. The van der Waals surface area contributed by atoms with Gasteiger partial charge in [0.05, 0.1) is 0 Å². The molecule has 0 heterocycles. The number of allylic oxidation sites excluding steroid dienone is 6. The topological polar surface area (TPSA) is 0 Å². The van der Waals surface area contributed by atoms with Gasteiger partial charge in [0.1, 0.15) is 0 Å². The molecule has 0 nitrogen and oxygen atoms in total. The maximum atomic E-state index is 2.42. The van der Waals surface area contributed by atoms with E-state index in [9.17, 15) is 0 Å². The van der Waals surface area contributed by atoms with Crippen LogP contribution in [-0.2, 0) is 0 Å². The molecule has 0 fully saturated rings. The van der Waals surface area contributed by atoms with Crippen LogP contribution in [0.4, 0.5) is 0 Å². The van der Waals surface area contributed by atoms with Gasteiger partial charge in [-0.15, -0.1) is 0 Å². The molecule has 2 unspecified atom stereocenters. The van der Waals surface area contributed by atoms with Crippen LogP contribution in [0.5, 0.6) is 0 Å². The predicted octanol–water partition coefficient (Wildman–Crippen LogP) is 3.87. The van der Waals surface area contributed by atoms with Crippen molar-refractivity contribution in [3.05, 3.63) is 36.0 Å². The van der Waals surface area contributed by atoms with E-state index in [2.05, 4.69) is 37.3 Å². The molecule has 0 bridgehead atoms. The maximum Gasteiger partial charge on any atom is -0.0133 e. The van der Waals surface area contributed by atoms with Crippen molar-refractivity contribution in [1.29, 1.82) is 0 Å². The molecule has 70 valence electrons. The largest absolute Gasteiger partial charge is 0.0882 e. The van der Waals surface area contributed by atoms with Crippen molar-refractivity contribution in [3.8, 4) is 0 Å². The first-order valence-corrected chi connectivity index (χ1v) is 5.38. The van der Waals surface area contributed by atoms with Gasteiger partial charge >= 0.3 is 0 Å². The van der Waals surface area contributed by atoms with Crippen molar-refractivity contribution < 1.29 is 0 Å². The molecule has 0 heteroatoms. The average Bonchev–Trinajstić information content (AvgIpc) is 2.20. The molecule has 0 saturated carbocycles. The minimum atomic E-state index is 0.778. The van der Waals surface area contributed by atoms with Crippen molar-refractivity contribution in [1.82, 2.24) is 0 Å². The van der Waals surface area contributed by atoms with E-state index in [-0.39, 0.29) is 0 Å². The molecule has 0 aliphatic heterocycles. The molecule has 0 N–H and O–H groups in total. The van der Waals surface area contributed by atoms with E-state index in [0.29, 0.717) is 0 Å². The highest BCUT2D eigenvalue weighted by Crippen LogP contribution is 2.30. The second-order valence-corrected chi connectivity index (χ2v) is 4.23. The first kappa shape index (κ1) is 8.80. The Morgan fingerprint density at radius 2 is 2.15 bits per heavy atom. The lowest BCUT2D eigenvalue weighted by atomic mass is 9.80. The summed E-state index contributed by atoms with van der Waals surface area (Å²) in [6, 6.07) is 0. The lowest BCUT2D eigenvalue weighted by Gasteiger charge is -2.25. The third kappa shape index (κ3) is 2.12. The van der Waals surface area contributed by atoms with Crippen LogP contribution in [0.25, 0.3) is 0 Å². The Bertz CT molecular complexity index is 255. The van der Waals surface area contributed by atoms with Crippen LogP contribution in [0.1, 0.15) is 32.6 Å². The van der Waals surface area contributed by atoms with Crippen molar-refractivity contribution >= 4 is 0 Å². The number of hydrogen-bond acceptors (Lipinski definition) is 0. The predicted molar refractivity (Wildman–Crippen MR) is 57.5 cm³/mol. The molecule has 0 aromatic heterocycles. The summed E-state index contributed by atoms with van der Waals surface area (Å²) in [4.78, 5) is 0. The zero-order chi connectivity index (χ0) is 9.10. The molecule has 0 amide bonds. The van der Waals surface area contributed by atoms with E-state index in [4.69, 9.17) is 0 Å². The Labute approximate surface area is 81.0 Å². The highest BCUT2D eigenvalue weighted by molar-refractivity contribution is 5.22. The van der Waals surface area contributed by atoms with Crippen molar-refractivity contribution in [2.75, 3.05) is 0 Å². The minimum absolute atomic E-state index is 0.778. The summed E-state index contributed by atoms with van der Waals surface area (Å²) >= 11 is 0. The summed E-state index contributed by atoms with van der Waals surface area (Å²) < 4.78 is 0. The van der Waals surface area contributed by atoms with Crippen LogP contribution in [0.3, 0.4) is 0 Å². The first-order valence-electron chi connectivity index (χ1n) is 5.38. The molecule has 13 heavy (non-hydrogen) atoms. The second kappa shape index (κ2) is 3.95. The summed E-state index contributed by atoms with van der Waals surface area (Å²) in [7, 11) is 0. The van der Waals surface area contributed by atoms with Crippen LogP contribution in [0, 0.1) is 11.8 Å². The van der Waals surface area contributed by atoms with Gasteiger partial charge in [-0.3, -0.25) is 0 Å². The average molecular weight is 174 g/mol. The fraction of sp³-hybridized carbons (Fsp3) is 0.538. The summed E-state index contributed by atoms with van der Waals surface area (Å²) in [6.45, 7) is 2.18. The zero-order valence-corrected chi connectivity index (χ0v) is 8.37. The monoisotopic (exact) mass is 174 g/mol. The molecular weight excluding hydrogens is 156 g/mol.